The lowest BCUT2D eigenvalue weighted by Gasteiger charge is -2.12. The van der Waals surface area contributed by atoms with E-state index in [4.69, 9.17) is 4.74 Å². The zero-order valence-corrected chi connectivity index (χ0v) is 15.9. The van der Waals surface area contributed by atoms with Crippen molar-refractivity contribution in [2.45, 2.75) is 58.8 Å². The summed E-state index contributed by atoms with van der Waals surface area (Å²) in [5.41, 5.74) is -0.367. The van der Waals surface area contributed by atoms with Crippen LogP contribution in [0.3, 0.4) is 0 Å². The number of hydrogen-bond donors (Lipinski definition) is 0. The van der Waals surface area contributed by atoms with Gasteiger partial charge in [-0.05, 0) is 37.0 Å². The minimum atomic E-state index is -1.24. The van der Waals surface area contributed by atoms with Crippen LogP contribution in [0.25, 0.3) is 11.1 Å². The summed E-state index contributed by atoms with van der Waals surface area (Å²) in [6.07, 6.45) is 5.80. The molecule has 0 saturated carbocycles. The molecule has 5 heteroatoms. The number of aryl methyl sites for hydroxylation is 1. The molecule has 0 unspecified atom stereocenters. The Balaban J connectivity index is 2.22. The van der Waals surface area contributed by atoms with Gasteiger partial charge in [0.25, 0.3) is 0 Å². The summed E-state index contributed by atoms with van der Waals surface area (Å²) in [6, 6.07) is 5.21. The van der Waals surface area contributed by atoms with Crippen molar-refractivity contribution in [2.24, 2.45) is 0 Å². The molecule has 27 heavy (non-hydrogen) atoms. The highest BCUT2D eigenvalue weighted by Crippen LogP contribution is 2.33. The van der Waals surface area contributed by atoms with Gasteiger partial charge in [0.2, 0.25) is 5.82 Å². The highest BCUT2D eigenvalue weighted by atomic mass is 19.2. The van der Waals surface area contributed by atoms with E-state index in [-0.39, 0.29) is 29.0 Å². The molecule has 0 spiro atoms. The van der Waals surface area contributed by atoms with Gasteiger partial charge in [0.1, 0.15) is 0 Å². The molecule has 0 N–H and O–H groups in total. The van der Waals surface area contributed by atoms with Crippen LogP contribution in [0.4, 0.5) is 17.6 Å². The fraction of sp³-hybridized carbons (Fsp3) is 0.455. The quantitative estimate of drug-likeness (QED) is 0.311. The zero-order chi connectivity index (χ0) is 19.8. The monoisotopic (exact) mass is 382 g/mol. The molecule has 0 aliphatic heterocycles. The highest BCUT2D eigenvalue weighted by molar-refractivity contribution is 5.66. The van der Waals surface area contributed by atoms with Crippen molar-refractivity contribution in [1.82, 2.24) is 0 Å². The lowest BCUT2D eigenvalue weighted by molar-refractivity contribution is 0.285. The first-order valence-electron chi connectivity index (χ1n) is 9.59. The molecule has 0 saturated heterocycles. The molecular formula is C22H26F4O. The normalized spacial score (nSPS) is 11.0. The first-order chi connectivity index (χ1) is 13.0. The molecule has 2 rings (SSSR count). The maximum absolute atomic E-state index is 14.4. The van der Waals surface area contributed by atoms with Crippen molar-refractivity contribution >= 4 is 0 Å². The Morgan fingerprint density at radius 1 is 0.667 bits per heavy atom. The first-order valence-corrected chi connectivity index (χ1v) is 9.59. The Kier molecular flexibility index (Phi) is 8.14. The SMILES string of the molecule is CCCCCCOc1ccc(-c2ccc(CCCC)c(F)c2F)c(F)c1F. The van der Waals surface area contributed by atoms with Crippen molar-refractivity contribution in [3.8, 4) is 16.9 Å². The first kappa shape index (κ1) is 21.3. The molecule has 0 amide bonds. The third-order valence-corrected chi connectivity index (χ3v) is 4.55. The summed E-state index contributed by atoms with van der Waals surface area (Å²) in [4.78, 5) is 0. The molecule has 0 atom stereocenters. The maximum atomic E-state index is 14.4. The second-order valence-electron chi connectivity index (χ2n) is 6.65. The number of halogens is 4. The molecule has 148 valence electrons. The van der Waals surface area contributed by atoms with E-state index in [9.17, 15) is 17.6 Å². The Morgan fingerprint density at radius 3 is 1.96 bits per heavy atom. The van der Waals surface area contributed by atoms with E-state index < -0.39 is 23.3 Å². The molecule has 0 aliphatic rings. The standard InChI is InChI=1S/C22H26F4O/c1-3-5-7-8-14-27-18-13-12-17(21(25)22(18)26)16-11-10-15(9-6-4-2)19(23)20(16)24/h10-13H,3-9,14H2,1-2H3. The predicted molar refractivity (Wildman–Crippen MR) is 100.0 cm³/mol. The van der Waals surface area contributed by atoms with Crippen LogP contribution >= 0.6 is 0 Å². The van der Waals surface area contributed by atoms with E-state index in [1.54, 1.807) is 0 Å². The average molecular weight is 382 g/mol. The lowest BCUT2D eigenvalue weighted by atomic mass is 9.99. The Hall–Kier alpha value is -2.04. The van der Waals surface area contributed by atoms with Gasteiger partial charge in [-0.2, -0.15) is 4.39 Å². The van der Waals surface area contributed by atoms with Crippen molar-refractivity contribution in [1.29, 1.82) is 0 Å². The minimum absolute atomic E-state index is 0.215. The van der Waals surface area contributed by atoms with Crippen molar-refractivity contribution in [3.05, 3.63) is 53.1 Å². The molecule has 0 aliphatic carbocycles. The van der Waals surface area contributed by atoms with Crippen molar-refractivity contribution < 1.29 is 22.3 Å². The van der Waals surface area contributed by atoms with E-state index in [2.05, 4.69) is 6.92 Å². The van der Waals surface area contributed by atoms with E-state index in [0.717, 1.165) is 38.5 Å². The van der Waals surface area contributed by atoms with Crippen LogP contribution in [-0.2, 0) is 6.42 Å². The highest BCUT2D eigenvalue weighted by Gasteiger charge is 2.21. The van der Waals surface area contributed by atoms with Gasteiger partial charge in [-0.25, -0.2) is 13.2 Å². The van der Waals surface area contributed by atoms with Crippen LogP contribution in [0.15, 0.2) is 24.3 Å². The molecule has 0 aromatic heterocycles. The van der Waals surface area contributed by atoms with Crippen LogP contribution in [0.5, 0.6) is 5.75 Å². The smallest absolute Gasteiger partial charge is 0.201 e. The number of unbranched alkanes of at least 4 members (excludes halogenated alkanes) is 4. The van der Waals surface area contributed by atoms with Gasteiger partial charge >= 0.3 is 0 Å². The fourth-order valence-corrected chi connectivity index (χ4v) is 2.92. The number of rotatable bonds is 10. The van der Waals surface area contributed by atoms with Gasteiger partial charge in [0, 0.05) is 11.1 Å². The lowest BCUT2D eigenvalue weighted by Crippen LogP contribution is -2.03. The molecule has 0 bridgehead atoms. The summed E-state index contributed by atoms with van der Waals surface area (Å²) in [5, 5.41) is 0. The summed E-state index contributed by atoms with van der Waals surface area (Å²) in [7, 11) is 0. The largest absolute Gasteiger partial charge is 0.490 e. The topological polar surface area (TPSA) is 9.23 Å². The molecule has 1 nitrogen and oxygen atoms in total. The van der Waals surface area contributed by atoms with Crippen molar-refractivity contribution in [2.75, 3.05) is 6.61 Å². The number of ether oxygens (including phenoxy) is 1. The molecule has 0 radical (unpaired) electrons. The fourth-order valence-electron chi connectivity index (χ4n) is 2.92. The van der Waals surface area contributed by atoms with E-state index in [1.165, 1.54) is 24.3 Å². The van der Waals surface area contributed by atoms with Crippen LogP contribution in [0.2, 0.25) is 0 Å². The van der Waals surface area contributed by atoms with Gasteiger partial charge in [-0.1, -0.05) is 51.7 Å². The van der Waals surface area contributed by atoms with E-state index >= 15 is 0 Å². The summed E-state index contributed by atoms with van der Waals surface area (Å²) in [6.45, 7) is 4.31. The Labute approximate surface area is 158 Å². The zero-order valence-electron chi connectivity index (χ0n) is 15.9. The van der Waals surface area contributed by atoms with E-state index in [0.29, 0.717) is 6.42 Å². The molecule has 0 fully saturated rings. The van der Waals surface area contributed by atoms with Gasteiger partial charge in [-0.3, -0.25) is 0 Å². The van der Waals surface area contributed by atoms with E-state index in [1.807, 2.05) is 6.92 Å². The van der Waals surface area contributed by atoms with Gasteiger partial charge < -0.3 is 4.74 Å². The molecule has 0 heterocycles. The van der Waals surface area contributed by atoms with Crippen LogP contribution in [0.1, 0.15) is 57.9 Å². The molecule has 2 aromatic rings. The van der Waals surface area contributed by atoms with Gasteiger partial charge in [0.05, 0.1) is 6.61 Å². The summed E-state index contributed by atoms with van der Waals surface area (Å²) >= 11 is 0. The van der Waals surface area contributed by atoms with Crippen LogP contribution in [0, 0.1) is 23.3 Å². The molecular weight excluding hydrogens is 356 g/mol. The Morgan fingerprint density at radius 2 is 1.30 bits per heavy atom. The second-order valence-corrected chi connectivity index (χ2v) is 6.65. The third kappa shape index (κ3) is 5.24. The minimum Gasteiger partial charge on any atom is -0.490 e. The Bertz CT molecular complexity index is 758. The van der Waals surface area contributed by atoms with Crippen LogP contribution in [-0.4, -0.2) is 6.61 Å². The third-order valence-electron chi connectivity index (χ3n) is 4.55. The predicted octanol–water partition coefficient (Wildman–Crippen LogP) is 7.21. The molecule has 2 aromatic carbocycles. The second kappa shape index (κ2) is 10.3. The summed E-state index contributed by atoms with van der Waals surface area (Å²) in [5.74, 6) is -4.79. The van der Waals surface area contributed by atoms with Crippen LogP contribution < -0.4 is 4.74 Å². The van der Waals surface area contributed by atoms with Crippen molar-refractivity contribution in [3.63, 3.8) is 0 Å². The van der Waals surface area contributed by atoms with Gasteiger partial charge in [-0.15, -0.1) is 0 Å². The van der Waals surface area contributed by atoms with Gasteiger partial charge in [0.15, 0.2) is 23.2 Å². The summed E-state index contributed by atoms with van der Waals surface area (Å²) < 4.78 is 62.7. The maximum Gasteiger partial charge on any atom is 0.201 e. The number of benzene rings is 2. The average Bonchev–Trinajstić information content (AvgIpc) is 2.67. The number of hydrogen-bond acceptors (Lipinski definition) is 1.